The Bertz CT molecular complexity index is 478. The van der Waals surface area contributed by atoms with Crippen molar-refractivity contribution in [3.63, 3.8) is 0 Å². The molecule has 1 aromatic rings. The summed E-state index contributed by atoms with van der Waals surface area (Å²) in [6, 6.07) is 2.41. The van der Waals surface area contributed by atoms with Crippen LogP contribution in [-0.4, -0.2) is 24.2 Å². The maximum atomic E-state index is 13.5. The van der Waals surface area contributed by atoms with Crippen molar-refractivity contribution < 1.29 is 14.1 Å². The SMILES string of the molecule is O=[N+]([O-])c1cc(I)c(F)cc1NCC1CCCCO1. The molecular formula is C12H14FIN2O3. The van der Waals surface area contributed by atoms with Crippen molar-refractivity contribution in [1.29, 1.82) is 0 Å². The van der Waals surface area contributed by atoms with E-state index in [-0.39, 0.29) is 21.0 Å². The van der Waals surface area contributed by atoms with Crippen LogP contribution in [0.25, 0.3) is 0 Å². The molecule has 0 bridgehead atoms. The summed E-state index contributed by atoms with van der Waals surface area (Å²) < 4.78 is 19.3. The lowest BCUT2D eigenvalue weighted by Crippen LogP contribution is -2.27. The van der Waals surface area contributed by atoms with Crippen molar-refractivity contribution in [2.45, 2.75) is 25.4 Å². The molecule has 1 N–H and O–H groups in total. The zero-order chi connectivity index (χ0) is 13.8. The van der Waals surface area contributed by atoms with Crippen LogP contribution in [0, 0.1) is 19.5 Å². The number of rotatable bonds is 4. The molecule has 104 valence electrons. The highest BCUT2D eigenvalue weighted by Gasteiger charge is 2.19. The lowest BCUT2D eigenvalue weighted by atomic mass is 10.1. The highest BCUT2D eigenvalue weighted by molar-refractivity contribution is 14.1. The third-order valence-electron chi connectivity index (χ3n) is 3.03. The molecule has 7 heteroatoms. The summed E-state index contributed by atoms with van der Waals surface area (Å²) in [5.41, 5.74) is 0.0960. The Morgan fingerprint density at radius 2 is 2.32 bits per heavy atom. The Labute approximate surface area is 123 Å². The molecule has 1 aliphatic heterocycles. The number of nitro groups is 1. The van der Waals surface area contributed by atoms with Crippen LogP contribution < -0.4 is 5.32 Å². The van der Waals surface area contributed by atoms with Crippen molar-refractivity contribution in [1.82, 2.24) is 0 Å². The van der Waals surface area contributed by atoms with E-state index in [9.17, 15) is 14.5 Å². The fourth-order valence-corrected chi connectivity index (χ4v) is 2.47. The Morgan fingerprint density at radius 1 is 1.53 bits per heavy atom. The van der Waals surface area contributed by atoms with E-state index in [0.29, 0.717) is 6.54 Å². The molecule has 0 radical (unpaired) electrons. The Morgan fingerprint density at radius 3 is 2.95 bits per heavy atom. The first-order valence-electron chi connectivity index (χ1n) is 6.07. The molecular weight excluding hydrogens is 366 g/mol. The minimum absolute atomic E-state index is 0.0377. The quantitative estimate of drug-likeness (QED) is 0.495. The lowest BCUT2D eigenvalue weighted by molar-refractivity contribution is -0.384. The number of hydrogen-bond acceptors (Lipinski definition) is 4. The van der Waals surface area contributed by atoms with Gasteiger partial charge >= 0.3 is 0 Å². The molecule has 1 unspecified atom stereocenters. The fraction of sp³-hybridized carbons (Fsp3) is 0.500. The van der Waals surface area contributed by atoms with Gasteiger partial charge in [-0.15, -0.1) is 0 Å². The second-order valence-electron chi connectivity index (χ2n) is 4.41. The molecule has 1 fully saturated rings. The average molecular weight is 380 g/mol. The number of hydrogen-bond donors (Lipinski definition) is 1. The van der Waals surface area contributed by atoms with Crippen LogP contribution in [-0.2, 0) is 4.74 Å². The van der Waals surface area contributed by atoms with Crippen LogP contribution in [0.5, 0.6) is 0 Å². The average Bonchev–Trinajstić information content (AvgIpc) is 2.40. The van der Waals surface area contributed by atoms with E-state index in [1.165, 1.54) is 12.1 Å². The molecule has 19 heavy (non-hydrogen) atoms. The minimum atomic E-state index is -0.508. The summed E-state index contributed by atoms with van der Waals surface area (Å²) in [7, 11) is 0. The maximum Gasteiger partial charge on any atom is 0.293 e. The van der Waals surface area contributed by atoms with E-state index in [0.717, 1.165) is 25.9 Å². The zero-order valence-electron chi connectivity index (χ0n) is 10.2. The molecule has 0 spiro atoms. The first-order chi connectivity index (χ1) is 9.08. The van der Waals surface area contributed by atoms with Gasteiger partial charge < -0.3 is 10.1 Å². The molecule has 0 aromatic heterocycles. The van der Waals surface area contributed by atoms with Crippen LogP contribution >= 0.6 is 22.6 Å². The third kappa shape index (κ3) is 3.75. The molecule has 1 aliphatic rings. The van der Waals surface area contributed by atoms with E-state index in [4.69, 9.17) is 4.74 Å². The number of nitrogens with zero attached hydrogens (tertiary/aromatic N) is 1. The molecule has 2 rings (SSSR count). The van der Waals surface area contributed by atoms with Crippen molar-refractivity contribution in [2.24, 2.45) is 0 Å². The van der Waals surface area contributed by atoms with Crippen LogP contribution in [0.2, 0.25) is 0 Å². The van der Waals surface area contributed by atoms with Gasteiger partial charge in [-0.3, -0.25) is 10.1 Å². The van der Waals surface area contributed by atoms with E-state index < -0.39 is 10.7 Å². The van der Waals surface area contributed by atoms with Gasteiger partial charge in [0.15, 0.2) is 0 Å². The van der Waals surface area contributed by atoms with Crippen molar-refractivity contribution in [3.8, 4) is 0 Å². The first-order valence-corrected chi connectivity index (χ1v) is 7.14. The van der Waals surface area contributed by atoms with E-state index >= 15 is 0 Å². The standard InChI is InChI=1S/C12H14FIN2O3/c13-9-5-11(12(16(17)18)6-10(9)14)15-7-8-3-1-2-4-19-8/h5-6,8,15H,1-4,7H2. The molecule has 1 atom stereocenters. The van der Waals surface area contributed by atoms with Gasteiger partial charge in [0.05, 0.1) is 14.6 Å². The topological polar surface area (TPSA) is 64.4 Å². The maximum absolute atomic E-state index is 13.5. The van der Waals surface area contributed by atoms with Gasteiger partial charge in [0.25, 0.3) is 5.69 Å². The van der Waals surface area contributed by atoms with Crippen molar-refractivity contribution >= 4 is 34.0 Å². The van der Waals surface area contributed by atoms with E-state index in [1.807, 2.05) is 0 Å². The number of ether oxygens (including phenoxy) is 1. The number of anilines is 1. The summed E-state index contributed by atoms with van der Waals surface area (Å²) in [5, 5.41) is 13.9. The second-order valence-corrected chi connectivity index (χ2v) is 5.57. The molecule has 1 aromatic carbocycles. The van der Waals surface area contributed by atoms with Gasteiger partial charge in [0.1, 0.15) is 11.5 Å². The van der Waals surface area contributed by atoms with Crippen LogP contribution in [0.3, 0.4) is 0 Å². The monoisotopic (exact) mass is 380 g/mol. The summed E-state index contributed by atoms with van der Waals surface area (Å²) in [6.07, 6.45) is 3.11. The van der Waals surface area contributed by atoms with E-state index in [2.05, 4.69) is 5.32 Å². The summed E-state index contributed by atoms with van der Waals surface area (Å²) in [5.74, 6) is -0.460. The molecule has 0 amide bonds. The third-order valence-corrected chi connectivity index (χ3v) is 3.86. The van der Waals surface area contributed by atoms with Gasteiger partial charge in [-0.25, -0.2) is 4.39 Å². The molecule has 5 nitrogen and oxygen atoms in total. The lowest BCUT2D eigenvalue weighted by Gasteiger charge is -2.23. The summed E-state index contributed by atoms with van der Waals surface area (Å²) in [4.78, 5) is 10.4. The van der Waals surface area contributed by atoms with Gasteiger partial charge in [0, 0.05) is 25.3 Å². The van der Waals surface area contributed by atoms with Gasteiger partial charge in [-0.1, -0.05) is 0 Å². The second kappa shape index (κ2) is 6.47. The fourth-order valence-electron chi connectivity index (χ4n) is 2.02. The number of nitro benzene ring substituents is 1. The summed E-state index contributed by atoms with van der Waals surface area (Å²) in [6.45, 7) is 1.18. The van der Waals surface area contributed by atoms with Crippen molar-refractivity contribution in [3.05, 3.63) is 31.6 Å². The zero-order valence-corrected chi connectivity index (χ0v) is 12.4. The highest BCUT2D eigenvalue weighted by Crippen LogP contribution is 2.29. The predicted octanol–water partition coefficient (Wildman–Crippen LogP) is 3.32. The normalized spacial score (nSPS) is 19.2. The van der Waals surface area contributed by atoms with Crippen LogP contribution in [0.4, 0.5) is 15.8 Å². The molecule has 0 saturated carbocycles. The molecule has 0 aliphatic carbocycles. The predicted molar refractivity (Wildman–Crippen MR) is 77.9 cm³/mol. The molecule has 1 saturated heterocycles. The summed E-state index contributed by atoms with van der Waals surface area (Å²) >= 11 is 1.74. The van der Waals surface area contributed by atoms with Crippen molar-refractivity contribution in [2.75, 3.05) is 18.5 Å². The van der Waals surface area contributed by atoms with Crippen LogP contribution in [0.1, 0.15) is 19.3 Å². The Kier molecular flexibility index (Phi) is 4.92. The Hall–Kier alpha value is -0.960. The number of halogens is 2. The smallest absolute Gasteiger partial charge is 0.293 e. The number of nitrogens with one attached hydrogen (secondary N) is 1. The highest BCUT2D eigenvalue weighted by atomic mass is 127. The van der Waals surface area contributed by atoms with E-state index in [1.54, 1.807) is 22.6 Å². The van der Waals surface area contributed by atoms with Gasteiger partial charge in [0.2, 0.25) is 0 Å². The minimum Gasteiger partial charge on any atom is -0.377 e. The van der Waals surface area contributed by atoms with Crippen LogP contribution in [0.15, 0.2) is 12.1 Å². The van der Waals surface area contributed by atoms with Gasteiger partial charge in [-0.2, -0.15) is 0 Å². The van der Waals surface area contributed by atoms with Gasteiger partial charge in [-0.05, 0) is 41.9 Å². The largest absolute Gasteiger partial charge is 0.377 e. The Balaban J connectivity index is 2.09. The number of benzene rings is 1. The first kappa shape index (κ1) is 14.4. The molecule has 1 heterocycles.